The van der Waals surface area contributed by atoms with Gasteiger partial charge in [0.05, 0.1) is 6.10 Å². The van der Waals surface area contributed by atoms with Gasteiger partial charge in [0.25, 0.3) is 0 Å². The highest BCUT2D eigenvalue weighted by molar-refractivity contribution is 5.97. The molecule has 0 aromatic heterocycles. The second-order valence-electron chi connectivity index (χ2n) is 5.97. The summed E-state index contributed by atoms with van der Waals surface area (Å²) in [7, 11) is 0. The van der Waals surface area contributed by atoms with Crippen molar-refractivity contribution in [2.75, 3.05) is 13.2 Å². The van der Waals surface area contributed by atoms with E-state index in [0.29, 0.717) is 6.61 Å². The Morgan fingerprint density at radius 1 is 1.16 bits per heavy atom. The van der Waals surface area contributed by atoms with E-state index in [-0.39, 0.29) is 36.0 Å². The zero-order valence-corrected chi connectivity index (χ0v) is 11.7. The fraction of sp³-hybridized carbons (Fsp3) is 0.857. The molecule has 3 fully saturated rings. The Morgan fingerprint density at radius 2 is 1.95 bits per heavy atom. The summed E-state index contributed by atoms with van der Waals surface area (Å²) in [5.41, 5.74) is 0. The summed E-state index contributed by atoms with van der Waals surface area (Å²) in [6.45, 7) is 5.34. The number of hydrogen-bond acceptors (Lipinski definition) is 3. The molecule has 2 amide bonds. The number of carbonyl (C=O) groups is 2. The van der Waals surface area contributed by atoms with Crippen LogP contribution in [0, 0.1) is 0 Å². The number of ether oxygens (including phenoxy) is 1. The molecule has 0 saturated carbocycles. The fourth-order valence-corrected chi connectivity index (χ4v) is 3.73. The second kappa shape index (κ2) is 4.78. The quantitative estimate of drug-likeness (QED) is 0.704. The molecule has 3 aliphatic heterocycles. The van der Waals surface area contributed by atoms with Gasteiger partial charge in [-0.1, -0.05) is 0 Å². The first kappa shape index (κ1) is 12.9. The number of fused-ring (bicyclic) bond motifs is 1. The van der Waals surface area contributed by atoms with Crippen LogP contribution in [-0.2, 0) is 14.3 Å². The van der Waals surface area contributed by atoms with E-state index in [4.69, 9.17) is 4.74 Å². The summed E-state index contributed by atoms with van der Waals surface area (Å²) in [4.78, 5) is 28.7. The monoisotopic (exact) mass is 266 g/mol. The van der Waals surface area contributed by atoms with Crippen LogP contribution >= 0.6 is 0 Å². The summed E-state index contributed by atoms with van der Waals surface area (Å²) < 4.78 is 5.55. The maximum absolute atomic E-state index is 12.7. The molecule has 5 heteroatoms. The van der Waals surface area contributed by atoms with Crippen LogP contribution in [0.5, 0.6) is 0 Å². The number of nitrogens with zero attached hydrogens (tertiary/aromatic N) is 2. The van der Waals surface area contributed by atoms with Gasteiger partial charge >= 0.3 is 0 Å². The average molecular weight is 266 g/mol. The van der Waals surface area contributed by atoms with Crippen molar-refractivity contribution in [2.24, 2.45) is 0 Å². The van der Waals surface area contributed by atoms with Crippen molar-refractivity contribution in [1.29, 1.82) is 0 Å². The van der Waals surface area contributed by atoms with Crippen LogP contribution in [0.4, 0.5) is 0 Å². The van der Waals surface area contributed by atoms with E-state index in [9.17, 15) is 9.59 Å². The van der Waals surface area contributed by atoms with Crippen LogP contribution in [-0.4, -0.2) is 59.0 Å². The first-order chi connectivity index (χ1) is 9.09. The fourth-order valence-electron chi connectivity index (χ4n) is 3.73. The summed E-state index contributed by atoms with van der Waals surface area (Å²) >= 11 is 0. The van der Waals surface area contributed by atoms with Crippen molar-refractivity contribution in [3.05, 3.63) is 0 Å². The van der Waals surface area contributed by atoms with Crippen molar-refractivity contribution in [3.8, 4) is 0 Å². The van der Waals surface area contributed by atoms with Gasteiger partial charge in [0.1, 0.15) is 12.1 Å². The standard InChI is InChI=1S/C14H22N2O3/c1-9-8-11(5-7-19-9)16-10(2)13(17)15-6-3-4-12(15)14(16)18/h9-12H,3-8H2,1-2H3. The lowest BCUT2D eigenvalue weighted by atomic mass is 9.96. The van der Waals surface area contributed by atoms with Gasteiger partial charge < -0.3 is 14.5 Å². The van der Waals surface area contributed by atoms with Crippen molar-refractivity contribution in [2.45, 2.75) is 63.8 Å². The minimum absolute atomic E-state index is 0.126. The highest BCUT2D eigenvalue weighted by atomic mass is 16.5. The van der Waals surface area contributed by atoms with E-state index < -0.39 is 0 Å². The highest BCUT2D eigenvalue weighted by Crippen LogP contribution is 2.31. The smallest absolute Gasteiger partial charge is 0.246 e. The van der Waals surface area contributed by atoms with Gasteiger partial charge in [-0.3, -0.25) is 9.59 Å². The Bertz CT molecular complexity index is 398. The lowest BCUT2D eigenvalue weighted by molar-refractivity contribution is -0.164. The zero-order chi connectivity index (χ0) is 13.6. The lowest BCUT2D eigenvalue weighted by Crippen LogP contribution is -2.65. The maximum Gasteiger partial charge on any atom is 0.246 e. The van der Waals surface area contributed by atoms with Crippen LogP contribution in [0.1, 0.15) is 39.5 Å². The summed E-state index contributed by atoms with van der Waals surface area (Å²) in [6, 6.07) is -0.336. The molecule has 0 bridgehead atoms. The molecule has 5 nitrogen and oxygen atoms in total. The van der Waals surface area contributed by atoms with Crippen molar-refractivity contribution < 1.29 is 14.3 Å². The summed E-state index contributed by atoms with van der Waals surface area (Å²) in [5.74, 6) is 0.282. The van der Waals surface area contributed by atoms with Gasteiger partial charge in [0, 0.05) is 19.2 Å². The van der Waals surface area contributed by atoms with Crippen LogP contribution in [0.2, 0.25) is 0 Å². The molecule has 3 aliphatic rings. The minimum Gasteiger partial charge on any atom is -0.378 e. The van der Waals surface area contributed by atoms with E-state index in [1.54, 1.807) is 4.90 Å². The Kier molecular flexibility index (Phi) is 3.25. The Morgan fingerprint density at radius 3 is 2.68 bits per heavy atom. The maximum atomic E-state index is 12.7. The Hall–Kier alpha value is -1.10. The van der Waals surface area contributed by atoms with Crippen LogP contribution in [0.3, 0.4) is 0 Å². The third-order valence-electron chi connectivity index (χ3n) is 4.70. The highest BCUT2D eigenvalue weighted by Gasteiger charge is 2.48. The van der Waals surface area contributed by atoms with Gasteiger partial charge in [0.2, 0.25) is 11.8 Å². The third kappa shape index (κ3) is 2.04. The molecule has 0 spiro atoms. The van der Waals surface area contributed by atoms with E-state index >= 15 is 0 Å². The molecule has 106 valence electrons. The molecular formula is C14H22N2O3. The zero-order valence-electron chi connectivity index (χ0n) is 11.7. The van der Waals surface area contributed by atoms with Crippen molar-refractivity contribution >= 4 is 11.8 Å². The predicted octanol–water partition coefficient (Wildman–Crippen LogP) is 0.776. The topological polar surface area (TPSA) is 49.9 Å². The number of hydrogen-bond donors (Lipinski definition) is 0. The largest absolute Gasteiger partial charge is 0.378 e. The van der Waals surface area contributed by atoms with E-state index in [0.717, 1.165) is 32.2 Å². The number of rotatable bonds is 1. The minimum atomic E-state index is -0.308. The van der Waals surface area contributed by atoms with E-state index in [2.05, 4.69) is 0 Å². The molecule has 0 aromatic rings. The number of amides is 2. The molecule has 0 aliphatic carbocycles. The molecule has 0 N–H and O–H groups in total. The summed E-state index contributed by atoms with van der Waals surface area (Å²) in [6.07, 6.45) is 3.64. The normalized spacial score (nSPS) is 39.7. The number of carbonyl (C=O) groups excluding carboxylic acids is 2. The molecular weight excluding hydrogens is 244 g/mol. The third-order valence-corrected chi connectivity index (χ3v) is 4.70. The average Bonchev–Trinajstić information content (AvgIpc) is 2.86. The molecule has 3 saturated heterocycles. The number of piperazine rings is 1. The predicted molar refractivity (Wildman–Crippen MR) is 69.5 cm³/mol. The molecule has 4 atom stereocenters. The van der Waals surface area contributed by atoms with Crippen LogP contribution in [0.25, 0.3) is 0 Å². The molecule has 4 unspecified atom stereocenters. The van der Waals surface area contributed by atoms with Gasteiger partial charge in [-0.25, -0.2) is 0 Å². The van der Waals surface area contributed by atoms with E-state index in [1.807, 2.05) is 18.7 Å². The molecule has 3 heterocycles. The van der Waals surface area contributed by atoms with Crippen LogP contribution < -0.4 is 0 Å². The molecule has 3 rings (SSSR count). The van der Waals surface area contributed by atoms with Gasteiger partial charge in [-0.05, 0) is 39.5 Å². The molecule has 19 heavy (non-hydrogen) atoms. The van der Waals surface area contributed by atoms with Crippen molar-refractivity contribution in [3.63, 3.8) is 0 Å². The Balaban J connectivity index is 1.83. The van der Waals surface area contributed by atoms with Gasteiger partial charge in [-0.15, -0.1) is 0 Å². The second-order valence-corrected chi connectivity index (χ2v) is 5.97. The Labute approximate surface area is 113 Å². The van der Waals surface area contributed by atoms with Crippen LogP contribution in [0.15, 0.2) is 0 Å². The van der Waals surface area contributed by atoms with E-state index in [1.165, 1.54) is 0 Å². The lowest BCUT2D eigenvalue weighted by Gasteiger charge is -2.46. The summed E-state index contributed by atoms with van der Waals surface area (Å²) in [5, 5.41) is 0. The van der Waals surface area contributed by atoms with Gasteiger partial charge in [-0.2, -0.15) is 0 Å². The molecule has 0 radical (unpaired) electrons. The van der Waals surface area contributed by atoms with Gasteiger partial charge in [0.15, 0.2) is 0 Å². The SMILES string of the molecule is CC1CC(N2C(=O)C3CCCN3C(=O)C2C)CCO1. The first-order valence-electron chi connectivity index (χ1n) is 7.34. The van der Waals surface area contributed by atoms with Crippen molar-refractivity contribution in [1.82, 2.24) is 9.80 Å². The first-order valence-corrected chi connectivity index (χ1v) is 7.34. The molecule has 0 aromatic carbocycles.